The Hall–Kier alpha value is -5.18. The summed E-state index contributed by atoms with van der Waals surface area (Å²) in [5, 5.41) is 5.24. The highest BCUT2D eigenvalue weighted by molar-refractivity contribution is 7.25. The van der Waals surface area contributed by atoms with Crippen LogP contribution in [0.2, 0.25) is 0 Å². The Morgan fingerprint density at radius 1 is 0.458 bits per heavy atom. The molecule has 1 nitrogen and oxygen atoms in total. The fraction of sp³-hybridized carbons (Fsp3) is 0.130. The van der Waals surface area contributed by atoms with E-state index in [4.69, 9.17) is 0 Å². The van der Waals surface area contributed by atoms with Crippen LogP contribution in [0.4, 0.5) is 17.1 Å². The molecule has 0 fully saturated rings. The van der Waals surface area contributed by atoms with Gasteiger partial charge in [-0.2, -0.15) is 0 Å². The Morgan fingerprint density at radius 2 is 1.06 bits per heavy atom. The van der Waals surface area contributed by atoms with Crippen LogP contribution in [0, 0.1) is 0 Å². The lowest BCUT2D eigenvalue weighted by Gasteiger charge is -2.31. The van der Waals surface area contributed by atoms with Crippen LogP contribution in [-0.2, 0) is 10.8 Å². The van der Waals surface area contributed by atoms with Gasteiger partial charge in [0.15, 0.2) is 0 Å². The summed E-state index contributed by atoms with van der Waals surface area (Å²) in [6, 6.07) is 52.5. The van der Waals surface area contributed by atoms with Crippen molar-refractivity contribution in [3.05, 3.63) is 162 Å². The van der Waals surface area contributed by atoms with Crippen LogP contribution < -0.4 is 4.90 Å². The summed E-state index contributed by atoms with van der Waals surface area (Å²) >= 11 is 1.88. The van der Waals surface area contributed by atoms with Gasteiger partial charge in [0.1, 0.15) is 0 Å². The highest BCUT2D eigenvalue weighted by Crippen LogP contribution is 2.58. The van der Waals surface area contributed by atoms with Crippen LogP contribution >= 0.6 is 11.3 Å². The van der Waals surface area contributed by atoms with Gasteiger partial charge in [-0.3, -0.25) is 0 Å². The van der Waals surface area contributed by atoms with Crippen molar-refractivity contribution in [3.63, 3.8) is 0 Å². The van der Waals surface area contributed by atoms with E-state index >= 15 is 0 Å². The third-order valence-corrected chi connectivity index (χ3v) is 12.4. The van der Waals surface area contributed by atoms with Gasteiger partial charge in [0, 0.05) is 47.9 Å². The van der Waals surface area contributed by atoms with E-state index in [9.17, 15) is 0 Å². The second-order valence-electron chi connectivity index (χ2n) is 14.6. The monoisotopic (exact) mass is 633 g/mol. The maximum Gasteiger partial charge on any atom is 0.0549 e. The number of hydrogen-bond donors (Lipinski definition) is 0. The molecule has 0 atom stereocenters. The van der Waals surface area contributed by atoms with Gasteiger partial charge >= 0.3 is 0 Å². The molecule has 8 aromatic rings. The molecule has 48 heavy (non-hydrogen) atoms. The Kier molecular flexibility index (Phi) is 5.63. The average Bonchev–Trinajstić information content (AvgIpc) is 3.68. The molecule has 7 aromatic carbocycles. The Balaban J connectivity index is 1.31. The zero-order valence-corrected chi connectivity index (χ0v) is 28.5. The molecule has 10 rings (SSSR count). The normalized spacial score (nSPS) is 15.0. The molecule has 1 aromatic heterocycles. The molecule has 0 bridgehead atoms. The van der Waals surface area contributed by atoms with Gasteiger partial charge in [0.25, 0.3) is 0 Å². The largest absolute Gasteiger partial charge is 0.310 e. The summed E-state index contributed by atoms with van der Waals surface area (Å²) < 4.78 is 2.65. The molecule has 2 heteroatoms. The number of thiophene rings is 1. The predicted molar refractivity (Wildman–Crippen MR) is 207 cm³/mol. The summed E-state index contributed by atoms with van der Waals surface area (Å²) in [6.45, 7) is 9.55. The molecular formula is C46H35NS. The Bertz CT molecular complexity index is 2630. The van der Waals surface area contributed by atoms with Crippen LogP contribution in [0.15, 0.2) is 140 Å². The van der Waals surface area contributed by atoms with E-state index in [-0.39, 0.29) is 10.8 Å². The van der Waals surface area contributed by atoms with E-state index in [0.29, 0.717) is 0 Å². The van der Waals surface area contributed by atoms with E-state index in [1.165, 1.54) is 92.5 Å². The summed E-state index contributed by atoms with van der Waals surface area (Å²) in [4.78, 5) is 2.55. The quantitative estimate of drug-likeness (QED) is 0.187. The third-order valence-electron chi connectivity index (χ3n) is 11.2. The third kappa shape index (κ3) is 3.67. The first-order chi connectivity index (χ1) is 23.3. The predicted octanol–water partition coefficient (Wildman–Crippen LogP) is 13.3. The Labute approximate surface area is 285 Å². The summed E-state index contributed by atoms with van der Waals surface area (Å²) in [5.41, 5.74) is 14.3. The number of nitrogens with zero attached hydrogens (tertiary/aromatic N) is 1. The van der Waals surface area contributed by atoms with Crippen molar-refractivity contribution in [2.75, 3.05) is 4.90 Å². The fourth-order valence-corrected chi connectivity index (χ4v) is 10.0. The standard InChI is InChI=1S/C46H35NS/c1-45(2)37-18-10-7-15-32(37)33-23-21-30(27-39(33)45)47(29-22-24-42-36(26-29)34-16-9-12-20-41(34)48-42)40-25-28-13-5-6-14-31(28)44-43(40)35-17-8-11-19-38(35)46(44,3)4/h5-27H,1-4H3. The molecule has 0 saturated carbocycles. The molecule has 0 aliphatic heterocycles. The first-order valence-corrected chi connectivity index (χ1v) is 17.8. The van der Waals surface area contributed by atoms with E-state index in [2.05, 4.69) is 172 Å². The lowest BCUT2D eigenvalue weighted by molar-refractivity contribution is 0.660. The zero-order valence-electron chi connectivity index (χ0n) is 27.6. The number of hydrogen-bond acceptors (Lipinski definition) is 2. The first-order valence-electron chi connectivity index (χ1n) is 16.9. The Morgan fingerprint density at radius 3 is 1.90 bits per heavy atom. The molecule has 0 unspecified atom stereocenters. The van der Waals surface area contributed by atoms with Crippen LogP contribution in [0.25, 0.3) is 53.2 Å². The fourth-order valence-electron chi connectivity index (χ4n) is 8.92. The summed E-state index contributed by atoms with van der Waals surface area (Å²) in [6.07, 6.45) is 0. The second kappa shape index (κ2) is 9.69. The van der Waals surface area contributed by atoms with Crippen molar-refractivity contribution in [1.82, 2.24) is 0 Å². The van der Waals surface area contributed by atoms with Crippen molar-refractivity contribution in [3.8, 4) is 22.3 Å². The molecule has 0 radical (unpaired) electrons. The van der Waals surface area contributed by atoms with E-state index < -0.39 is 0 Å². The molecule has 230 valence electrons. The molecule has 1 heterocycles. The average molecular weight is 634 g/mol. The maximum atomic E-state index is 2.55. The minimum atomic E-state index is -0.137. The number of rotatable bonds is 3. The van der Waals surface area contributed by atoms with Gasteiger partial charge < -0.3 is 4.90 Å². The van der Waals surface area contributed by atoms with E-state index in [1.807, 2.05) is 11.3 Å². The number of fused-ring (bicyclic) bond motifs is 11. The van der Waals surface area contributed by atoms with Crippen molar-refractivity contribution >= 4 is 59.3 Å². The van der Waals surface area contributed by atoms with Gasteiger partial charge in [-0.15, -0.1) is 11.3 Å². The van der Waals surface area contributed by atoms with Crippen LogP contribution in [-0.4, -0.2) is 0 Å². The van der Waals surface area contributed by atoms with Crippen LogP contribution in [0.3, 0.4) is 0 Å². The van der Waals surface area contributed by atoms with Crippen molar-refractivity contribution < 1.29 is 0 Å². The second-order valence-corrected chi connectivity index (χ2v) is 15.6. The molecule has 0 amide bonds. The van der Waals surface area contributed by atoms with Crippen LogP contribution in [0.5, 0.6) is 0 Å². The van der Waals surface area contributed by atoms with Crippen molar-refractivity contribution in [1.29, 1.82) is 0 Å². The molecule has 2 aliphatic carbocycles. The van der Waals surface area contributed by atoms with Gasteiger partial charge in [0.2, 0.25) is 0 Å². The molecule has 0 spiro atoms. The van der Waals surface area contributed by atoms with Gasteiger partial charge in [0.05, 0.1) is 5.69 Å². The number of anilines is 3. The smallest absolute Gasteiger partial charge is 0.0549 e. The summed E-state index contributed by atoms with van der Waals surface area (Å²) in [5.74, 6) is 0. The SMILES string of the molecule is CC1(C)c2ccccc2-c2ccc(N(c3ccc4sc5ccccc5c4c3)c3cc4ccccc4c4c3-c3ccccc3C4(C)C)cc21. The van der Waals surface area contributed by atoms with Gasteiger partial charge in [-0.25, -0.2) is 0 Å². The highest BCUT2D eigenvalue weighted by atomic mass is 32.1. The minimum Gasteiger partial charge on any atom is -0.310 e. The molecule has 0 N–H and O–H groups in total. The summed E-state index contributed by atoms with van der Waals surface area (Å²) in [7, 11) is 0. The molecular weight excluding hydrogens is 599 g/mol. The first kappa shape index (κ1) is 27.9. The zero-order chi connectivity index (χ0) is 32.4. The lowest BCUT2D eigenvalue weighted by atomic mass is 9.80. The van der Waals surface area contributed by atoms with E-state index in [1.54, 1.807) is 0 Å². The van der Waals surface area contributed by atoms with Gasteiger partial charge in [-0.05, 0) is 92.2 Å². The number of benzene rings is 7. The maximum absolute atomic E-state index is 2.55. The van der Waals surface area contributed by atoms with Gasteiger partial charge in [-0.1, -0.05) is 125 Å². The molecule has 0 saturated heterocycles. The molecule has 2 aliphatic rings. The lowest BCUT2D eigenvalue weighted by Crippen LogP contribution is -2.18. The topological polar surface area (TPSA) is 3.24 Å². The van der Waals surface area contributed by atoms with Crippen LogP contribution in [0.1, 0.15) is 49.9 Å². The van der Waals surface area contributed by atoms with Crippen molar-refractivity contribution in [2.45, 2.75) is 38.5 Å². The van der Waals surface area contributed by atoms with Crippen molar-refractivity contribution in [2.24, 2.45) is 0 Å². The highest BCUT2D eigenvalue weighted by Gasteiger charge is 2.40. The van der Waals surface area contributed by atoms with E-state index in [0.717, 1.165) is 0 Å². The minimum absolute atomic E-state index is 0.0962.